The molecule has 0 aliphatic heterocycles. The second kappa shape index (κ2) is 3.67. The van der Waals surface area contributed by atoms with E-state index in [1.807, 2.05) is 30.1 Å². The fourth-order valence-corrected chi connectivity index (χ4v) is 1.36. The van der Waals surface area contributed by atoms with Crippen molar-refractivity contribution in [2.24, 2.45) is 5.73 Å². The predicted molar refractivity (Wildman–Crippen MR) is 52.6 cm³/mol. The van der Waals surface area contributed by atoms with Gasteiger partial charge in [-0.2, -0.15) is 5.10 Å². The van der Waals surface area contributed by atoms with Crippen molar-refractivity contribution in [1.29, 1.82) is 0 Å². The average Bonchev–Trinajstić information content (AvgIpc) is 2.75. The quantitative estimate of drug-likeness (QED) is 0.799. The lowest BCUT2D eigenvalue weighted by Crippen LogP contribution is -2.17. The molecule has 0 aliphatic rings. The number of rotatable bonds is 3. The molecule has 4 nitrogen and oxygen atoms in total. The summed E-state index contributed by atoms with van der Waals surface area (Å²) in [4.78, 5) is 0. The summed E-state index contributed by atoms with van der Waals surface area (Å²) in [7, 11) is 0. The number of nitrogens with two attached hydrogens (primary N) is 1. The molecule has 0 spiro atoms. The van der Waals surface area contributed by atoms with Gasteiger partial charge < -0.3 is 10.2 Å². The van der Waals surface area contributed by atoms with Crippen LogP contribution in [-0.2, 0) is 6.54 Å². The molecule has 0 radical (unpaired) electrons. The molecule has 74 valence electrons. The summed E-state index contributed by atoms with van der Waals surface area (Å²) in [6.45, 7) is 2.68. The lowest BCUT2D eigenvalue weighted by Gasteiger charge is -2.08. The first-order valence-corrected chi connectivity index (χ1v) is 4.52. The molecule has 2 aromatic heterocycles. The van der Waals surface area contributed by atoms with E-state index >= 15 is 0 Å². The second-order valence-corrected chi connectivity index (χ2v) is 3.40. The number of furan rings is 1. The standard InChI is InChI=1S/C10H13N3O/c1-8-4-12-13(5-8)6-10(11)9-2-3-14-7-9/h2-5,7,10H,6,11H2,1H3. The molecule has 1 unspecified atom stereocenters. The average molecular weight is 191 g/mol. The molecule has 0 aromatic carbocycles. The zero-order chi connectivity index (χ0) is 9.97. The number of hydrogen-bond acceptors (Lipinski definition) is 3. The van der Waals surface area contributed by atoms with E-state index in [1.54, 1.807) is 12.5 Å². The molecule has 4 heteroatoms. The van der Waals surface area contributed by atoms with Gasteiger partial charge in [0.25, 0.3) is 0 Å². The molecule has 0 aliphatic carbocycles. The number of aromatic nitrogens is 2. The monoisotopic (exact) mass is 191 g/mol. The number of hydrogen-bond donors (Lipinski definition) is 1. The maximum absolute atomic E-state index is 5.96. The Morgan fingerprint density at radius 2 is 2.50 bits per heavy atom. The van der Waals surface area contributed by atoms with Gasteiger partial charge in [-0.3, -0.25) is 4.68 Å². The van der Waals surface area contributed by atoms with E-state index < -0.39 is 0 Å². The van der Waals surface area contributed by atoms with Crippen molar-refractivity contribution >= 4 is 0 Å². The summed E-state index contributed by atoms with van der Waals surface area (Å²) in [5, 5.41) is 4.17. The van der Waals surface area contributed by atoms with Crippen molar-refractivity contribution in [1.82, 2.24) is 9.78 Å². The zero-order valence-corrected chi connectivity index (χ0v) is 8.05. The molecule has 14 heavy (non-hydrogen) atoms. The van der Waals surface area contributed by atoms with E-state index in [4.69, 9.17) is 10.2 Å². The minimum atomic E-state index is -0.0620. The highest BCUT2D eigenvalue weighted by Crippen LogP contribution is 2.12. The Kier molecular flexibility index (Phi) is 2.37. The van der Waals surface area contributed by atoms with Gasteiger partial charge in [-0.15, -0.1) is 0 Å². The molecule has 2 N–H and O–H groups in total. The fraction of sp³-hybridized carbons (Fsp3) is 0.300. The Bertz CT molecular complexity index is 391. The van der Waals surface area contributed by atoms with E-state index in [1.165, 1.54) is 0 Å². The summed E-state index contributed by atoms with van der Waals surface area (Å²) in [5.74, 6) is 0. The van der Waals surface area contributed by atoms with Gasteiger partial charge in [0.1, 0.15) is 0 Å². The summed E-state index contributed by atoms with van der Waals surface area (Å²) in [6, 6.07) is 1.81. The minimum absolute atomic E-state index is 0.0620. The first-order valence-electron chi connectivity index (χ1n) is 4.52. The zero-order valence-electron chi connectivity index (χ0n) is 8.05. The van der Waals surface area contributed by atoms with Crippen molar-refractivity contribution < 1.29 is 4.42 Å². The Labute approximate surface area is 82.3 Å². The lowest BCUT2D eigenvalue weighted by molar-refractivity contribution is 0.514. The lowest BCUT2D eigenvalue weighted by atomic mass is 10.2. The van der Waals surface area contributed by atoms with Crippen molar-refractivity contribution in [2.45, 2.75) is 19.5 Å². The van der Waals surface area contributed by atoms with Gasteiger partial charge in [0.15, 0.2) is 0 Å². The summed E-state index contributed by atoms with van der Waals surface area (Å²) in [6.07, 6.45) is 7.09. The molecule has 2 aromatic rings. The van der Waals surface area contributed by atoms with Crippen LogP contribution in [0.1, 0.15) is 17.2 Å². The van der Waals surface area contributed by atoms with Gasteiger partial charge >= 0.3 is 0 Å². The van der Waals surface area contributed by atoms with E-state index in [0.717, 1.165) is 11.1 Å². The van der Waals surface area contributed by atoms with Gasteiger partial charge in [-0.1, -0.05) is 0 Å². The number of nitrogens with zero attached hydrogens (tertiary/aromatic N) is 2. The van der Waals surface area contributed by atoms with E-state index in [9.17, 15) is 0 Å². The minimum Gasteiger partial charge on any atom is -0.472 e. The highest BCUT2D eigenvalue weighted by atomic mass is 16.3. The van der Waals surface area contributed by atoms with Crippen molar-refractivity contribution in [3.63, 3.8) is 0 Å². The SMILES string of the molecule is Cc1cnn(CC(N)c2ccoc2)c1. The van der Waals surface area contributed by atoms with Crippen molar-refractivity contribution in [3.05, 3.63) is 42.1 Å². The summed E-state index contributed by atoms with van der Waals surface area (Å²) in [5.41, 5.74) is 8.10. The van der Waals surface area contributed by atoms with E-state index in [-0.39, 0.29) is 6.04 Å². The Morgan fingerprint density at radius 1 is 1.64 bits per heavy atom. The van der Waals surface area contributed by atoms with Gasteiger partial charge in [-0.05, 0) is 18.6 Å². The van der Waals surface area contributed by atoms with Crippen LogP contribution in [0.2, 0.25) is 0 Å². The highest BCUT2D eigenvalue weighted by molar-refractivity contribution is 5.10. The molecule has 2 rings (SSSR count). The maximum atomic E-state index is 5.96. The highest BCUT2D eigenvalue weighted by Gasteiger charge is 2.08. The van der Waals surface area contributed by atoms with Crippen LogP contribution in [-0.4, -0.2) is 9.78 Å². The van der Waals surface area contributed by atoms with Gasteiger partial charge in [0, 0.05) is 11.8 Å². The van der Waals surface area contributed by atoms with Crippen LogP contribution in [0.3, 0.4) is 0 Å². The summed E-state index contributed by atoms with van der Waals surface area (Å²) < 4.78 is 6.81. The topological polar surface area (TPSA) is 57.0 Å². The fourth-order valence-electron chi connectivity index (χ4n) is 1.36. The van der Waals surface area contributed by atoms with Crippen LogP contribution in [0.25, 0.3) is 0 Å². The van der Waals surface area contributed by atoms with E-state index in [2.05, 4.69) is 5.10 Å². The third-order valence-electron chi connectivity index (χ3n) is 2.12. The normalized spacial score (nSPS) is 13.0. The van der Waals surface area contributed by atoms with Crippen LogP contribution in [0.5, 0.6) is 0 Å². The molecule has 0 fully saturated rings. The maximum Gasteiger partial charge on any atom is 0.0950 e. The van der Waals surface area contributed by atoms with Crippen molar-refractivity contribution in [2.75, 3.05) is 0 Å². The van der Waals surface area contributed by atoms with Gasteiger partial charge in [0.2, 0.25) is 0 Å². The second-order valence-electron chi connectivity index (χ2n) is 3.40. The van der Waals surface area contributed by atoms with Crippen LogP contribution in [0.4, 0.5) is 0 Å². The predicted octanol–water partition coefficient (Wildman–Crippen LogP) is 1.48. The molecule has 0 amide bonds. The Balaban J connectivity index is 2.05. The first kappa shape index (κ1) is 9.02. The molecule has 1 atom stereocenters. The Morgan fingerprint density at radius 3 is 3.07 bits per heavy atom. The first-order chi connectivity index (χ1) is 6.75. The third-order valence-corrected chi connectivity index (χ3v) is 2.12. The van der Waals surface area contributed by atoms with Gasteiger partial charge in [-0.25, -0.2) is 0 Å². The van der Waals surface area contributed by atoms with Crippen LogP contribution in [0.15, 0.2) is 35.4 Å². The van der Waals surface area contributed by atoms with Crippen molar-refractivity contribution in [3.8, 4) is 0 Å². The molecule has 2 heterocycles. The van der Waals surface area contributed by atoms with Crippen LogP contribution >= 0.6 is 0 Å². The third kappa shape index (κ3) is 1.85. The van der Waals surface area contributed by atoms with Crippen LogP contribution in [0, 0.1) is 6.92 Å². The van der Waals surface area contributed by atoms with Crippen LogP contribution < -0.4 is 5.73 Å². The molecular weight excluding hydrogens is 178 g/mol. The Hall–Kier alpha value is -1.55. The number of aryl methyl sites for hydroxylation is 1. The smallest absolute Gasteiger partial charge is 0.0950 e. The van der Waals surface area contributed by atoms with E-state index in [0.29, 0.717) is 6.54 Å². The summed E-state index contributed by atoms with van der Waals surface area (Å²) >= 11 is 0. The largest absolute Gasteiger partial charge is 0.472 e. The molecular formula is C10H13N3O. The molecule has 0 bridgehead atoms. The molecule has 0 saturated heterocycles. The van der Waals surface area contributed by atoms with Gasteiger partial charge in [0.05, 0.1) is 31.3 Å². The molecule has 0 saturated carbocycles.